The van der Waals surface area contributed by atoms with E-state index in [-0.39, 0.29) is 12.0 Å². The number of aliphatic imine (C=N–C) groups is 1. The summed E-state index contributed by atoms with van der Waals surface area (Å²) < 4.78 is 0. The van der Waals surface area contributed by atoms with Crippen molar-refractivity contribution in [1.29, 1.82) is 0 Å². The van der Waals surface area contributed by atoms with E-state index in [0.29, 0.717) is 0 Å². The molecule has 1 aliphatic carbocycles. The topological polar surface area (TPSA) is 51.0 Å². The van der Waals surface area contributed by atoms with Gasteiger partial charge in [0.1, 0.15) is 6.04 Å². The van der Waals surface area contributed by atoms with Crippen molar-refractivity contribution < 1.29 is 0 Å². The number of fused-ring (bicyclic) bond motifs is 7. The summed E-state index contributed by atoms with van der Waals surface area (Å²) in [5, 5.41) is 4.55. The Morgan fingerprint density at radius 1 is 0.579 bits per heavy atom. The fourth-order valence-corrected chi connectivity index (χ4v) is 5.65. The van der Waals surface area contributed by atoms with E-state index in [2.05, 4.69) is 107 Å². The predicted molar refractivity (Wildman–Crippen MR) is 155 cm³/mol. The smallest absolute Gasteiger partial charge is 0.103 e. The average molecular weight is 487 g/mol. The van der Waals surface area contributed by atoms with E-state index >= 15 is 0 Å². The number of nitrogens with zero attached hydrogens (tertiary/aromatic N) is 4. The van der Waals surface area contributed by atoms with Gasteiger partial charge in [-0.1, -0.05) is 72.8 Å². The van der Waals surface area contributed by atoms with Crippen molar-refractivity contribution in [3.8, 4) is 11.3 Å². The van der Waals surface area contributed by atoms with Gasteiger partial charge in [-0.15, -0.1) is 0 Å². The Bertz CT molecular complexity index is 2000. The highest BCUT2D eigenvalue weighted by molar-refractivity contribution is 6.11. The fraction of sp³-hybridized carbons (Fsp3) is 0.0588. The quantitative estimate of drug-likeness (QED) is 0.235. The van der Waals surface area contributed by atoms with Gasteiger partial charge in [-0.2, -0.15) is 0 Å². The number of aromatic nitrogens is 3. The van der Waals surface area contributed by atoms with E-state index in [1.54, 1.807) is 0 Å². The zero-order chi connectivity index (χ0) is 25.1. The maximum Gasteiger partial charge on any atom is 0.103 e. The molecule has 0 spiro atoms. The lowest BCUT2D eigenvalue weighted by atomic mass is 9.85. The number of benzene rings is 3. The molecule has 6 aromatic rings. The zero-order valence-corrected chi connectivity index (χ0v) is 20.5. The molecular formula is C34H22N4. The fourth-order valence-electron chi connectivity index (χ4n) is 5.65. The molecule has 2 aliphatic rings. The van der Waals surface area contributed by atoms with Gasteiger partial charge in [-0.25, -0.2) is 4.98 Å². The van der Waals surface area contributed by atoms with Crippen LogP contribution >= 0.6 is 0 Å². The van der Waals surface area contributed by atoms with Crippen LogP contribution in [0.15, 0.2) is 121 Å². The molecule has 4 heteroatoms. The van der Waals surface area contributed by atoms with Crippen molar-refractivity contribution in [3.05, 3.63) is 132 Å². The Labute approximate surface area is 219 Å². The first-order chi connectivity index (χ1) is 18.8. The van der Waals surface area contributed by atoms with E-state index in [1.807, 2.05) is 24.5 Å². The summed E-state index contributed by atoms with van der Waals surface area (Å²) in [5.41, 5.74) is 8.20. The number of pyridine rings is 3. The van der Waals surface area contributed by atoms with Crippen molar-refractivity contribution in [2.75, 3.05) is 0 Å². The maximum atomic E-state index is 5.16. The van der Waals surface area contributed by atoms with Crippen molar-refractivity contribution in [2.45, 2.75) is 6.04 Å². The second kappa shape index (κ2) is 8.29. The van der Waals surface area contributed by atoms with Crippen LogP contribution in [0.1, 0.15) is 22.9 Å². The van der Waals surface area contributed by atoms with Crippen LogP contribution in [-0.2, 0) is 0 Å². The first kappa shape index (κ1) is 21.2. The average Bonchev–Trinajstić information content (AvgIpc) is 3.00. The molecule has 0 fully saturated rings. The molecule has 38 heavy (non-hydrogen) atoms. The lowest BCUT2D eigenvalue weighted by Crippen LogP contribution is -2.19. The van der Waals surface area contributed by atoms with Crippen LogP contribution in [0.25, 0.3) is 49.9 Å². The first-order valence-corrected chi connectivity index (χ1v) is 12.9. The summed E-state index contributed by atoms with van der Waals surface area (Å²) in [6.45, 7) is 0. The van der Waals surface area contributed by atoms with E-state index in [0.717, 1.165) is 55.6 Å². The highest BCUT2D eigenvalue weighted by atomic mass is 14.9. The molecule has 4 heterocycles. The molecule has 0 N–H and O–H groups in total. The number of dihydropyridines is 1. The highest BCUT2D eigenvalue weighted by Crippen LogP contribution is 2.37. The van der Waals surface area contributed by atoms with Gasteiger partial charge in [-0.05, 0) is 52.7 Å². The summed E-state index contributed by atoms with van der Waals surface area (Å²) in [6.07, 6.45) is 12.5. The molecule has 4 nitrogen and oxygen atoms in total. The third kappa shape index (κ3) is 3.38. The van der Waals surface area contributed by atoms with Gasteiger partial charge >= 0.3 is 0 Å². The largest absolute Gasteiger partial charge is 0.274 e. The van der Waals surface area contributed by atoms with Crippen LogP contribution in [0.5, 0.6) is 0 Å². The molecule has 0 saturated carbocycles. The number of rotatable bonds is 2. The third-order valence-electron chi connectivity index (χ3n) is 7.63. The lowest BCUT2D eigenvalue weighted by Gasteiger charge is -2.27. The number of allylic oxidation sites excluding steroid dienone is 1. The third-order valence-corrected chi connectivity index (χ3v) is 7.63. The minimum absolute atomic E-state index is 0.0171. The van der Waals surface area contributed by atoms with E-state index in [1.165, 1.54) is 10.8 Å². The number of hydrogen-bond donors (Lipinski definition) is 0. The van der Waals surface area contributed by atoms with Crippen molar-refractivity contribution in [2.24, 2.45) is 10.9 Å². The van der Waals surface area contributed by atoms with E-state index < -0.39 is 0 Å². The van der Waals surface area contributed by atoms with Crippen LogP contribution in [0.4, 0.5) is 0 Å². The van der Waals surface area contributed by atoms with Gasteiger partial charge < -0.3 is 0 Å². The Hall–Kier alpha value is -4.96. The van der Waals surface area contributed by atoms with Gasteiger partial charge in [0.2, 0.25) is 0 Å². The van der Waals surface area contributed by atoms with Crippen LogP contribution in [0.2, 0.25) is 0 Å². The van der Waals surface area contributed by atoms with E-state index in [9.17, 15) is 0 Å². The Morgan fingerprint density at radius 3 is 2.26 bits per heavy atom. The summed E-state index contributed by atoms with van der Waals surface area (Å²) in [6, 6.07) is 29.7. The lowest BCUT2D eigenvalue weighted by molar-refractivity contribution is 0.591. The molecule has 0 amide bonds. The summed E-state index contributed by atoms with van der Waals surface area (Å²) in [5.74, 6) is 0.248. The van der Waals surface area contributed by atoms with E-state index in [4.69, 9.17) is 9.98 Å². The van der Waals surface area contributed by atoms with Crippen molar-refractivity contribution in [3.63, 3.8) is 0 Å². The highest BCUT2D eigenvalue weighted by Gasteiger charge is 2.28. The first-order valence-electron chi connectivity index (χ1n) is 12.9. The van der Waals surface area contributed by atoms with Gasteiger partial charge in [0.15, 0.2) is 0 Å². The van der Waals surface area contributed by atoms with Gasteiger partial charge in [0.05, 0.1) is 28.1 Å². The normalized spacial score (nSPS) is 17.9. The van der Waals surface area contributed by atoms with Gasteiger partial charge in [0.25, 0.3) is 0 Å². The molecular weight excluding hydrogens is 464 g/mol. The summed E-state index contributed by atoms with van der Waals surface area (Å²) >= 11 is 0. The monoisotopic (exact) mass is 486 g/mol. The molecule has 1 aliphatic heterocycles. The molecule has 8 rings (SSSR count). The van der Waals surface area contributed by atoms with Crippen LogP contribution in [0.3, 0.4) is 0 Å². The predicted octanol–water partition coefficient (Wildman–Crippen LogP) is 7.74. The SMILES string of the molecule is C1=CC2C=Cc3cccnc3C2N=C1c1ccc2ccc(-c3ccc4ccc5cccnc5c4n3)cc2c1. The second-order valence-corrected chi connectivity index (χ2v) is 9.92. The minimum atomic E-state index is 0.0171. The van der Waals surface area contributed by atoms with Crippen molar-refractivity contribution >= 4 is 44.4 Å². The molecule has 0 radical (unpaired) electrons. The molecule has 3 aromatic carbocycles. The molecule has 2 unspecified atom stereocenters. The molecule has 178 valence electrons. The molecule has 2 atom stereocenters. The summed E-state index contributed by atoms with van der Waals surface area (Å²) in [7, 11) is 0. The Kier molecular flexibility index (Phi) is 4.61. The molecule has 0 saturated heterocycles. The Balaban J connectivity index is 1.21. The number of hydrogen-bond acceptors (Lipinski definition) is 4. The molecule has 0 bridgehead atoms. The maximum absolute atomic E-state index is 5.16. The van der Waals surface area contributed by atoms with Gasteiger partial charge in [0, 0.05) is 40.2 Å². The zero-order valence-electron chi connectivity index (χ0n) is 20.5. The standard InChI is InChI=1S/C34H22N4/c1-3-22-7-9-24-13-15-29(37-33(24)31(22)35-17-1)26-11-5-21-6-12-27(20-28(21)19-26)30-16-14-25-10-8-23-4-2-18-36-32(23)34(25)38-30/h1-20,24,33H. The molecule has 3 aromatic heterocycles. The Morgan fingerprint density at radius 2 is 1.32 bits per heavy atom. The van der Waals surface area contributed by atoms with Crippen LogP contribution in [-0.4, -0.2) is 20.7 Å². The second-order valence-electron chi connectivity index (χ2n) is 9.92. The van der Waals surface area contributed by atoms with Crippen molar-refractivity contribution in [1.82, 2.24) is 15.0 Å². The van der Waals surface area contributed by atoms with Crippen LogP contribution in [0, 0.1) is 5.92 Å². The summed E-state index contributed by atoms with van der Waals surface area (Å²) in [4.78, 5) is 19.5. The minimum Gasteiger partial charge on any atom is -0.274 e. The van der Waals surface area contributed by atoms with Gasteiger partial charge in [-0.3, -0.25) is 15.0 Å². The van der Waals surface area contributed by atoms with Crippen LogP contribution < -0.4 is 0 Å².